The number of rotatable bonds is 14. The Labute approximate surface area is 385 Å². The van der Waals surface area contributed by atoms with Crippen LogP contribution in [-0.4, -0.2) is 197 Å². The highest BCUT2D eigenvalue weighted by Gasteiger charge is 2.50. The molecule has 3 aromatic rings. The van der Waals surface area contributed by atoms with Crippen molar-refractivity contribution in [2.45, 2.75) is 105 Å². The number of fused-ring (bicyclic) bond motifs is 1. The van der Waals surface area contributed by atoms with Gasteiger partial charge in [-0.1, -0.05) is 6.07 Å². The minimum Gasteiger partial charge on any atom is -0.571 e. The number of phenolic OH excluding ortho intramolecular Hbond substituents is 4. The van der Waals surface area contributed by atoms with Crippen molar-refractivity contribution in [1.29, 1.82) is 0 Å². The van der Waals surface area contributed by atoms with Crippen LogP contribution < -0.4 is 14.2 Å². The Morgan fingerprint density at radius 3 is 1.94 bits per heavy atom. The third-order valence-electron chi connectivity index (χ3n) is 11.6. The highest BCUT2D eigenvalue weighted by Crippen LogP contribution is 2.49. The Kier molecular flexibility index (Phi) is 15.4. The summed E-state index contributed by atoms with van der Waals surface area (Å²) in [6, 6.07) is 8.91. The van der Waals surface area contributed by atoms with E-state index >= 15 is 0 Å². The second-order valence-corrected chi connectivity index (χ2v) is 16.2. The van der Waals surface area contributed by atoms with Crippen molar-refractivity contribution in [3.63, 3.8) is 0 Å². The quantitative estimate of drug-likeness (QED) is 0.0359. The van der Waals surface area contributed by atoms with Crippen molar-refractivity contribution in [3.05, 3.63) is 71.0 Å². The number of aliphatic hydroxyl groups excluding tert-OH is 9. The van der Waals surface area contributed by atoms with Crippen LogP contribution in [0.3, 0.4) is 0 Å². The lowest BCUT2D eigenvalue weighted by Crippen LogP contribution is -2.61. The van der Waals surface area contributed by atoms with Crippen LogP contribution in [0.2, 0.25) is 0 Å². The number of benzene rings is 3. The predicted molar refractivity (Wildman–Crippen MR) is 225 cm³/mol. The molecule has 0 saturated carbocycles. The Bertz CT molecular complexity index is 2300. The van der Waals surface area contributed by atoms with Crippen molar-refractivity contribution < 1.29 is 119 Å². The van der Waals surface area contributed by atoms with Crippen LogP contribution in [0.1, 0.15) is 29.7 Å². The number of carbonyl (C=O) groups excluding carboxylic acids is 1. The number of aliphatic hydroxyl groups is 10. The van der Waals surface area contributed by atoms with Gasteiger partial charge in [0.2, 0.25) is 18.3 Å². The van der Waals surface area contributed by atoms with Crippen LogP contribution in [-0.2, 0) is 33.2 Å². The molecule has 0 spiro atoms. The first-order valence-corrected chi connectivity index (χ1v) is 21.0. The highest BCUT2D eigenvalue weighted by molar-refractivity contribution is 5.87. The van der Waals surface area contributed by atoms with E-state index in [0.29, 0.717) is 5.56 Å². The van der Waals surface area contributed by atoms with Gasteiger partial charge < -0.3 is 114 Å². The Morgan fingerprint density at radius 1 is 0.691 bits per heavy atom. The monoisotopic (exact) mass is 965 g/mol. The number of ether oxygens (including phenoxy) is 10. The zero-order valence-corrected chi connectivity index (χ0v) is 36.3. The lowest BCUT2D eigenvalue weighted by molar-refractivity contribution is -0.325. The molecule has 24 heteroatoms. The van der Waals surface area contributed by atoms with Gasteiger partial charge in [-0.25, -0.2) is 4.79 Å². The molecule has 0 aliphatic carbocycles. The molecule has 0 radical (unpaired) electrons. The average molecular weight is 966 g/mol. The van der Waals surface area contributed by atoms with Crippen LogP contribution in [0.5, 0.6) is 46.0 Å². The average Bonchev–Trinajstić information content (AvgIpc) is 3.32. The fourth-order valence-corrected chi connectivity index (χ4v) is 7.83. The maximum atomic E-state index is 12.6. The van der Waals surface area contributed by atoms with E-state index in [1.807, 2.05) is 0 Å². The molecule has 68 heavy (non-hydrogen) atoms. The molecule has 3 aromatic carbocycles. The van der Waals surface area contributed by atoms with E-state index in [1.165, 1.54) is 69.7 Å². The minimum atomic E-state index is -1.97. The van der Waals surface area contributed by atoms with E-state index in [-0.39, 0.29) is 51.4 Å². The molecule has 372 valence electrons. The topological polar surface area (TPSA) is 376 Å². The molecule has 4 aliphatic heterocycles. The van der Waals surface area contributed by atoms with E-state index in [4.69, 9.17) is 47.4 Å². The molecule has 3 fully saturated rings. The molecule has 1 unspecified atom stereocenters. The van der Waals surface area contributed by atoms with Crippen molar-refractivity contribution >= 4 is 18.1 Å². The Hall–Kier alpha value is -5.71. The van der Waals surface area contributed by atoms with Gasteiger partial charge in [-0.15, -0.1) is 0 Å². The first-order chi connectivity index (χ1) is 32.3. The summed E-state index contributed by atoms with van der Waals surface area (Å²) in [5, 5.41) is 137. The first kappa shape index (κ1) is 50.2. The van der Waals surface area contributed by atoms with Gasteiger partial charge in [0.05, 0.1) is 45.2 Å². The van der Waals surface area contributed by atoms with Gasteiger partial charge >= 0.3 is 5.97 Å². The van der Waals surface area contributed by atoms with Gasteiger partial charge in [0, 0.05) is 18.2 Å². The summed E-state index contributed by atoms with van der Waals surface area (Å²) in [5.74, 6) is -3.01. The summed E-state index contributed by atoms with van der Waals surface area (Å²) < 4.78 is 55.8. The standard InChI is InChI=1S/C44H52O24/c1-16-40(68-30(49)7-5-17-4-6-21(47)22(48)8-17)36(55)39(58)42(62-16)61-15-29-33(52)35(54)38(57)44(67-29)65-27-13-20-23(63-41(27)18-9-25(59-2)31(50)26(10-18)60-3)11-19(46)12-24(20)64-43-37(56)34(53)32(51)28(14-45)66-43/h4-13,16,28-29,32-48,50-58H,14-15H2,1-3H3/p+1/b7-5+/t16-,28-,29-,32-,33-,34-,35+,36+,37+,38-,39-,40-,41?,42+,43+,44+/m0/s1. The van der Waals surface area contributed by atoms with Gasteiger partial charge in [-0.2, -0.15) is 0 Å². The molecule has 0 aromatic heterocycles. The van der Waals surface area contributed by atoms with Crippen LogP contribution in [0.15, 0.2) is 54.3 Å². The largest absolute Gasteiger partial charge is 0.571 e. The molecule has 24 nitrogen and oxygen atoms in total. The van der Waals surface area contributed by atoms with E-state index in [2.05, 4.69) is 0 Å². The molecular weight excluding hydrogens is 912 g/mol. The lowest BCUT2D eigenvalue weighted by Gasteiger charge is -2.43. The molecule has 16 atom stereocenters. The molecule has 14 N–H and O–H groups in total. The van der Waals surface area contributed by atoms with E-state index < -0.39 is 129 Å². The number of carbonyl (C=O) groups is 1. The number of methoxy groups -OCH3 is 2. The zero-order chi connectivity index (χ0) is 49.3. The molecule has 4 heterocycles. The predicted octanol–water partition coefficient (Wildman–Crippen LogP) is -2.03. The molecule has 3 saturated heterocycles. The summed E-state index contributed by atoms with van der Waals surface area (Å²) >= 11 is 0. The van der Waals surface area contributed by atoms with Crippen molar-refractivity contribution in [3.8, 4) is 46.0 Å². The molecule has 0 amide bonds. The number of esters is 1. The number of hydrogen-bond acceptors (Lipinski definition) is 23. The van der Waals surface area contributed by atoms with Crippen molar-refractivity contribution in [1.82, 2.24) is 0 Å². The fourth-order valence-electron chi connectivity index (χ4n) is 7.83. The molecule has 7 rings (SSSR count). The molecule has 4 aliphatic rings. The normalized spacial score (nSPS) is 33.7. The molecular formula is C44H53O24+. The second-order valence-electron chi connectivity index (χ2n) is 16.2. The summed E-state index contributed by atoms with van der Waals surface area (Å²) in [6.07, 6.45) is -23.0. The second kappa shape index (κ2) is 20.9. The van der Waals surface area contributed by atoms with Crippen LogP contribution >= 0.6 is 0 Å². The van der Waals surface area contributed by atoms with Gasteiger partial charge in [0.1, 0.15) is 78.1 Å². The first-order valence-electron chi connectivity index (χ1n) is 21.0. The van der Waals surface area contributed by atoms with E-state index in [1.54, 1.807) is 0 Å². The third-order valence-corrected chi connectivity index (χ3v) is 11.6. The summed E-state index contributed by atoms with van der Waals surface area (Å²) in [4.78, 5) is 12.6. The fraction of sp³-hybridized carbons (Fsp3) is 0.477. The smallest absolute Gasteiger partial charge is 0.331 e. The number of aromatic hydroxyl groups is 5. The Morgan fingerprint density at radius 2 is 1.31 bits per heavy atom. The van der Waals surface area contributed by atoms with Gasteiger partial charge in [-0.05, 0) is 42.8 Å². The highest BCUT2D eigenvalue weighted by atomic mass is 16.7. The van der Waals surface area contributed by atoms with Gasteiger partial charge in [0.25, 0.3) is 11.9 Å². The van der Waals surface area contributed by atoms with Crippen LogP contribution in [0.4, 0.5) is 0 Å². The summed E-state index contributed by atoms with van der Waals surface area (Å²) in [7, 11) is 2.56. The molecule has 0 bridgehead atoms. The SMILES string of the molecule is COc1cc(C2[OH+]c3cc(O)cc(O[C@@H]4O[C@@H](CO)[C@H](O)[C@H](O)[C@H]4O)c3C=C2O[C@@H]2O[C@@H](CO[C@@H]3O[C@@H](C)[C@H](OC(=O)/C=C/c4ccc(O)c(O)c4)[C@H](O)[C@@H]3O)[C@H](O)[C@@H](O)[C@@H]2O)cc(OC)c1O. The van der Waals surface area contributed by atoms with Crippen molar-refractivity contribution in [2.75, 3.05) is 27.4 Å². The number of hydrogen-bond donors (Lipinski definition) is 13. The van der Waals surface area contributed by atoms with Crippen LogP contribution in [0.25, 0.3) is 12.2 Å². The maximum Gasteiger partial charge on any atom is 0.331 e. The van der Waals surface area contributed by atoms with Gasteiger partial charge in [0.15, 0.2) is 41.2 Å². The van der Waals surface area contributed by atoms with E-state index in [9.17, 15) is 71.2 Å². The van der Waals surface area contributed by atoms with E-state index in [0.717, 1.165) is 12.1 Å². The zero-order valence-electron chi connectivity index (χ0n) is 36.3. The van der Waals surface area contributed by atoms with Crippen molar-refractivity contribution in [2.24, 2.45) is 0 Å². The van der Waals surface area contributed by atoms with Gasteiger partial charge in [-0.3, -0.25) is 0 Å². The maximum absolute atomic E-state index is 12.6. The lowest BCUT2D eigenvalue weighted by atomic mass is 9.97. The third kappa shape index (κ3) is 10.3. The summed E-state index contributed by atoms with van der Waals surface area (Å²) in [5.41, 5.74) is 0.608. The minimum absolute atomic E-state index is 0.0333. The van der Waals surface area contributed by atoms with Crippen LogP contribution in [0, 0.1) is 0 Å². The summed E-state index contributed by atoms with van der Waals surface area (Å²) in [6.45, 7) is -0.0197. The number of phenols is 4. The Balaban J connectivity index is 1.11.